The normalized spacial score (nSPS) is 9.52. The van der Waals surface area contributed by atoms with Crippen LogP contribution in [0.25, 0.3) is 0 Å². The highest BCUT2D eigenvalue weighted by Crippen LogP contribution is 2.17. The average Bonchev–Trinajstić information content (AvgIpc) is 3.04. The van der Waals surface area contributed by atoms with E-state index in [0.29, 0.717) is 18.5 Å². The van der Waals surface area contributed by atoms with Gasteiger partial charge >= 0.3 is 0 Å². The van der Waals surface area contributed by atoms with E-state index in [-0.39, 0.29) is 17.7 Å². The number of carbonyl (C=O) groups excluding carboxylic acids is 2. The first-order valence-electron chi connectivity index (χ1n) is 7.90. The molecule has 0 unspecified atom stereocenters. The van der Waals surface area contributed by atoms with E-state index in [1.807, 2.05) is 51.1 Å². The van der Waals surface area contributed by atoms with Gasteiger partial charge in [-0.1, -0.05) is 51.1 Å². The molecular formula is C18H24N2O3. The van der Waals surface area contributed by atoms with Crippen LogP contribution >= 0.6 is 0 Å². The molecule has 0 aliphatic carbocycles. The van der Waals surface area contributed by atoms with Crippen molar-refractivity contribution in [2.45, 2.75) is 40.2 Å². The Hall–Kier alpha value is -2.56. The van der Waals surface area contributed by atoms with Crippen molar-refractivity contribution in [3.05, 3.63) is 53.8 Å². The minimum atomic E-state index is -0.278. The predicted molar refractivity (Wildman–Crippen MR) is 91.2 cm³/mol. The monoisotopic (exact) mass is 316 g/mol. The molecule has 5 nitrogen and oxygen atoms in total. The number of nitrogens with one attached hydrogen (secondary N) is 2. The molecule has 0 spiro atoms. The second-order valence-corrected chi connectivity index (χ2v) is 4.63. The highest BCUT2D eigenvalue weighted by atomic mass is 16.3. The molecule has 2 aromatic rings. The topological polar surface area (TPSA) is 71.3 Å². The van der Waals surface area contributed by atoms with Gasteiger partial charge in [-0.15, -0.1) is 0 Å². The number of rotatable bonds is 6. The van der Waals surface area contributed by atoms with Crippen molar-refractivity contribution in [3.63, 3.8) is 0 Å². The lowest BCUT2D eigenvalue weighted by molar-refractivity contribution is -0.116. The molecule has 2 amide bonds. The first-order valence-corrected chi connectivity index (χ1v) is 7.90. The van der Waals surface area contributed by atoms with Crippen LogP contribution < -0.4 is 10.6 Å². The molecular weight excluding hydrogens is 292 g/mol. The van der Waals surface area contributed by atoms with Gasteiger partial charge in [-0.25, -0.2) is 0 Å². The lowest BCUT2D eigenvalue weighted by Gasteiger charge is -2.06. The standard InChI is InChI=1S/C16H18N2O3.C2H6/c1-2-6-14(19)18-16-13(9-10-21-16)15(20)17-11-12-7-4-3-5-8-12;1-2/h3-5,7-10H,2,6,11H2,1H3,(H,17,20)(H,18,19);1-2H3. The van der Waals surface area contributed by atoms with Gasteiger partial charge in [-0.05, 0) is 18.1 Å². The number of hydrogen-bond acceptors (Lipinski definition) is 3. The van der Waals surface area contributed by atoms with E-state index >= 15 is 0 Å². The molecule has 1 aromatic carbocycles. The summed E-state index contributed by atoms with van der Waals surface area (Å²) in [5.74, 6) is -0.247. The fourth-order valence-corrected chi connectivity index (χ4v) is 1.87. The highest BCUT2D eigenvalue weighted by molar-refractivity contribution is 6.02. The van der Waals surface area contributed by atoms with Gasteiger partial charge in [0.1, 0.15) is 5.56 Å². The van der Waals surface area contributed by atoms with E-state index in [0.717, 1.165) is 12.0 Å². The van der Waals surface area contributed by atoms with E-state index in [1.165, 1.54) is 6.26 Å². The van der Waals surface area contributed by atoms with Crippen molar-refractivity contribution in [2.24, 2.45) is 0 Å². The quantitative estimate of drug-likeness (QED) is 0.847. The fraction of sp³-hybridized carbons (Fsp3) is 0.333. The molecule has 2 N–H and O–H groups in total. The molecule has 2 rings (SSSR count). The van der Waals surface area contributed by atoms with Gasteiger partial charge in [-0.2, -0.15) is 0 Å². The van der Waals surface area contributed by atoms with Crippen LogP contribution in [0, 0.1) is 0 Å². The van der Waals surface area contributed by atoms with Gasteiger partial charge < -0.3 is 9.73 Å². The molecule has 0 fully saturated rings. The molecule has 1 aromatic heterocycles. The van der Waals surface area contributed by atoms with Crippen LogP contribution in [0.15, 0.2) is 47.1 Å². The number of hydrogen-bond donors (Lipinski definition) is 2. The van der Waals surface area contributed by atoms with Crippen molar-refractivity contribution in [3.8, 4) is 0 Å². The fourth-order valence-electron chi connectivity index (χ4n) is 1.87. The molecule has 5 heteroatoms. The summed E-state index contributed by atoms with van der Waals surface area (Å²) >= 11 is 0. The van der Waals surface area contributed by atoms with Crippen LogP contribution in [0.5, 0.6) is 0 Å². The van der Waals surface area contributed by atoms with Crippen LogP contribution in [0.3, 0.4) is 0 Å². The Morgan fingerprint density at radius 1 is 1.09 bits per heavy atom. The molecule has 0 radical (unpaired) electrons. The van der Waals surface area contributed by atoms with Crippen LogP contribution in [0.2, 0.25) is 0 Å². The zero-order chi connectivity index (χ0) is 17.1. The van der Waals surface area contributed by atoms with Crippen molar-refractivity contribution < 1.29 is 14.0 Å². The van der Waals surface area contributed by atoms with Crippen molar-refractivity contribution in [2.75, 3.05) is 5.32 Å². The molecule has 0 aliphatic heterocycles. The summed E-state index contributed by atoms with van der Waals surface area (Å²) in [4.78, 5) is 23.7. The Balaban J connectivity index is 0.00000127. The number of amides is 2. The SMILES string of the molecule is CC.CCCC(=O)Nc1occc1C(=O)NCc1ccccc1. The third-order valence-corrected chi connectivity index (χ3v) is 2.94. The molecule has 124 valence electrons. The number of furan rings is 1. The van der Waals surface area contributed by atoms with Crippen LogP contribution in [0.1, 0.15) is 49.5 Å². The summed E-state index contributed by atoms with van der Waals surface area (Å²) in [6.45, 7) is 6.34. The maximum atomic E-state index is 12.1. The van der Waals surface area contributed by atoms with E-state index in [1.54, 1.807) is 6.07 Å². The highest BCUT2D eigenvalue weighted by Gasteiger charge is 2.16. The lowest BCUT2D eigenvalue weighted by Crippen LogP contribution is -2.24. The molecule has 0 saturated carbocycles. The Morgan fingerprint density at radius 2 is 1.78 bits per heavy atom. The van der Waals surface area contributed by atoms with Crippen LogP contribution in [-0.2, 0) is 11.3 Å². The van der Waals surface area contributed by atoms with Crippen molar-refractivity contribution in [1.29, 1.82) is 0 Å². The summed E-state index contributed by atoms with van der Waals surface area (Å²) in [7, 11) is 0. The molecule has 1 heterocycles. The maximum Gasteiger partial charge on any atom is 0.257 e. The minimum absolute atomic E-state index is 0.162. The van der Waals surface area contributed by atoms with Gasteiger partial charge in [0.2, 0.25) is 11.8 Å². The van der Waals surface area contributed by atoms with E-state index in [9.17, 15) is 9.59 Å². The van der Waals surface area contributed by atoms with E-state index in [2.05, 4.69) is 10.6 Å². The second-order valence-electron chi connectivity index (χ2n) is 4.63. The van der Waals surface area contributed by atoms with Gasteiger partial charge in [0.15, 0.2) is 0 Å². The predicted octanol–water partition coefficient (Wildman–Crippen LogP) is 3.97. The Kier molecular flexibility index (Phi) is 8.21. The lowest BCUT2D eigenvalue weighted by atomic mass is 10.2. The van der Waals surface area contributed by atoms with Crippen molar-refractivity contribution >= 4 is 17.7 Å². The Bertz CT molecular complexity index is 606. The van der Waals surface area contributed by atoms with Crippen LogP contribution in [0.4, 0.5) is 5.88 Å². The second kappa shape index (κ2) is 10.2. The number of carbonyl (C=O) groups is 2. The third kappa shape index (κ3) is 5.98. The number of anilines is 1. The maximum absolute atomic E-state index is 12.1. The largest absolute Gasteiger partial charge is 0.448 e. The average molecular weight is 316 g/mol. The van der Waals surface area contributed by atoms with E-state index in [4.69, 9.17) is 4.42 Å². The Morgan fingerprint density at radius 3 is 2.43 bits per heavy atom. The Labute approximate surface area is 137 Å². The third-order valence-electron chi connectivity index (χ3n) is 2.94. The molecule has 23 heavy (non-hydrogen) atoms. The van der Waals surface area contributed by atoms with Gasteiger partial charge in [0.05, 0.1) is 6.26 Å². The van der Waals surface area contributed by atoms with Gasteiger partial charge in [0.25, 0.3) is 5.91 Å². The first kappa shape index (κ1) is 18.5. The zero-order valence-electron chi connectivity index (χ0n) is 13.9. The molecule has 0 aliphatic rings. The van der Waals surface area contributed by atoms with Gasteiger partial charge in [-0.3, -0.25) is 14.9 Å². The van der Waals surface area contributed by atoms with Crippen LogP contribution in [-0.4, -0.2) is 11.8 Å². The summed E-state index contributed by atoms with van der Waals surface area (Å²) in [5.41, 5.74) is 1.33. The summed E-state index contributed by atoms with van der Waals surface area (Å²) < 4.78 is 5.16. The molecule has 0 atom stereocenters. The zero-order valence-corrected chi connectivity index (χ0v) is 13.9. The van der Waals surface area contributed by atoms with Gasteiger partial charge in [0, 0.05) is 13.0 Å². The smallest absolute Gasteiger partial charge is 0.257 e. The minimum Gasteiger partial charge on any atom is -0.448 e. The number of benzene rings is 1. The first-order chi connectivity index (χ1) is 11.2. The van der Waals surface area contributed by atoms with Crippen molar-refractivity contribution in [1.82, 2.24) is 5.32 Å². The summed E-state index contributed by atoms with van der Waals surface area (Å²) in [5, 5.41) is 5.40. The molecule has 0 bridgehead atoms. The summed E-state index contributed by atoms with van der Waals surface area (Å²) in [6.07, 6.45) is 2.52. The van der Waals surface area contributed by atoms with E-state index < -0.39 is 0 Å². The molecule has 0 saturated heterocycles. The summed E-state index contributed by atoms with van der Waals surface area (Å²) in [6, 6.07) is 11.1.